The molecule has 0 atom stereocenters. The minimum Gasteiger partial charge on any atom is -0.443 e. The average molecular weight is 271 g/mol. The molecule has 1 aliphatic carbocycles. The van der Waals surface area contributed by atoms with Crippen molar-refractivity contribution >= 4 is 28.1 Å². The number of oxazole rings is 1. The Labute approximate surface area is 114 Å². The highest BCUT2D eigenvalue weighted by molar-refractivity contribution is 7.11. The van der Waals surface area contributed by atoms with E-state index in [1.807, 2.05) is 35.7 Å². The minimum atomic E-state index is 0.734. The number of benzene rings is 1. The molecule has 0 aliphatic heterocycles. The first-order valence-electron chi connectivity index (χ1n) is 6.41. The molecule has 1 saturated carbocycles. The second-order valence-corrected chi connectivity index (χ2v) is 5.94. The SMILES string of the molecule is c1cc(NCc2cnc(C3CC3)s2)c2ncoc2c1. The third kappa shape index (κ3) is 2.10. The molecule has 0 spiro atoms. The Hall–Kier alpha value is -1.88. The van der Waals surface area contributed by atoms with Gasteiger partial charge in [-0.15, -0.1) is 11.3 Å². The molecule has 96 valence electrons. The van der Waals surface area contributed by atoms with E-state index in [0.717, 1.165) is 29.2 Å². The molecule has 2 aromatic heterocycles. The fourth-order valence-electron chi connectivity index (χ4n) is 2.13. The van der Waals surface area contributed by atoms with Crippen LogP contribution in [-0.4, -0.2) is 9.97 Å². The van der Waals surface area contributed by atoms with E-state index in [0.29, 0.717) is 0 Å². The number of nitrogens with zero attached hydrogens (tertiary/aromatic N) is 2. The molecular weight excluding hydrogens is 258 g/mol. The smallest absolute Gasteiger partial charge is 0.182 e. The Bertz CT molecular complexity index is 714. The molecule has 1 fully saturated rings. The van der Waals surface area contributed by atoms with E-state index in [9.17, 15) is 0 Å². The van der Waals surface area contributed by atoms with Crippen molar-refractivity contribution in [2.24, 2.45) is 0 Å². The van der Waals surface area contributed by atoms with Gasteiger partial charge in [0, 0.05) is 17.0 Å². The van der Waals surface area contributed by atoms with Gasteiger partial charge in [-0.05, 0) is 25.0 Å². The van der Waals surface area contributed by atoms with Crippen LogP contribution >= 0.6 is 11.3 Å². The third-order valence-electron chi connectivity index (χ3n) is 3.31. The Morgan fingerprint density at radius 3 is 3.16 bits per heavy atom. The fourth-order valence-corrected chi connectivity index (χ4v) is 3.16. The monoisotopic (exact) mass is 271 g/mol. The van der Waals surface area contributed by atoms with Crippen LogP contribution in [0, 0.1) is 0 Å². The van der Waals surface area contributed by atoms with Gasteiger partial charge in [0.2, 0.25) is 0 Å². The summed E-state index contributed by atoms with van der Waals surface area (Å²) >= 11 is 1.81. The van der Waals surface area contributed by atoms with E-state index < -0.39 is 0 Å². The number of hydrogen-bond acceptors (Lipinski definition) is 5. The van der Waals surface area contributed by atoms with Crippen LogP contribution in [0.2, 0.25) is 0 Å². The Morgan fingerprint density at radius 2 is 2.26 bits per heavy atom. The zero-order valence-electron chi connectivity index (χ0n) is 10.3. The van der Waals surface area contributed by atoms with Crippen LogP contribution in [-0.2, 0) is 6.54 Å². The lowest BCUT2D eigenvalue weighted by Gasteiger charge is -2.04. The Morgan fingerprint density at radius 1 is 1.32 bits per heavy atom. The summed E-state index contributed by atoms with van der Waals surface area (Å²) in [4.78, 5) is 9.99. The number of aromatic nitrogens is 2. The maximum Gasteiger partial charge on any atom is 0.182 e. The number of para-hydroxylation sites is 1. The van der Waals surface area contributed by atoms with E-state index in [1.54, 1.807) is 0 Å². The zero-order valence-corrected chi connectivity index (χ0v) is 11.1. The Kier molecular flexibility index (Phi) is 2.51. The van der Waals surface area contributed by atoms with E-state index in [2.05, 4.69) is 15.3 Å². The second kappa shape index (κ2) is 4.35. The van der Waals surface area contributed by atoms with Gasteiger partial charge < -0.3 is 9.73 Å². The summed E-state index contributed by atoms with van der Waals surface area (Å²) in [6, 6.07) is 5.91. The maximum atomic E-state index is 5.29. The van der Waals surface area contributed by atoms with Crippen LogP contribution in [0.3, 0.4) is 0 Å². The van der Waals surface area contributed by atoms with Gasteiger partial charge in [-0.2, -0.15) is 0 Å². The molecule has 3 aromatic rings. The van der Waals surface area contributed by atoms with Crippen LogP contribution in [0.1, 0.15) is 28.6 Å². The Balaban J connectivity index is 1.52. The van der Waals surface area contributed by atoms with Crippen molar-refractivity contribution in [2.75, 3.05) is 5.32 Å². The quantitative estimate of drug-likeness (QED) is 0.784. The van der Waals surface area contributed by atoms with Crippen molar-refractivity contribution in [3.05, 3.63) is 40.7 Å². The third-order valence-corrected chi connectivity index (χ3v) is 4.47. The standard InChI is InChI=1S/C14H13N3OS/c1-2-11(13-12(3-1)18-8-17-13)15-6-10-7-16-14(19-10)9-4-5-9/h1-3,7-9,15H,4-6H2. The maximum absolute atomic E-state index is 5.29. The lowest BCUT2D eigenvalue weighted by Crippen LogP contribution is -1.97. The van der Waals surface area contributed by atoms with Gasteiger partial charge in [0.15, 0.2) is 12.0 Å². The summed E-state index contributed by atoms with van der Waals surface area (Å²) < 4.78 is 5.29. The minimum absolute atomic E-state index is 0.734. The molecule has 4 rings (SSSR count). The number of thiazole rings is 1. The molecule has 0 radical (unpaired) electrons. The molecule has 2 heterocycles. The summed E-state index contributed by atoms with van der Waals surface area (Å²) in [7, 11) is 0. The highest BCUT2D eigenvalue weighted by Crippen LogP contribution is 2.41. The number of hydrogen-bond donors (Lipinski definition) is 1. The van der Waals surface area contributed by atoms with E-state index in [1.165, 1.54) is 29.1 Å². The van der Waals surface area contributed by atoms with Crippen LogP contribution in [0.15, 0.2) is 35.2 Å². The molecule has 5 heteroatoms. The summed E-state index contributed by atoms with van der Waals surface area (Å²) in [5.74, 6) is 0.734. The highest BCUT2D eigenvalue weighted by atomic mass is 32.1. The number of rotatable bonds is 4. The lowest BCUT2D eigenvalue weighted by atomic mass is 10.3. The molecule has 0 amide bonds. The van der Waals surface area contributed by atoms with Crippen molar-refractivity contribution in [1.29, 1.82) is 0 Å². The molecule has 0 saturated heterocycles. The van der Waals surface area contributed by atoms with Gasteiger partial charge in [-0.1, -0.05) is 6.07 Å². The molecule has 0 bridgehead atoms. The van der Waals surface area contributed by atoms with E-state index in [4.69, 9.17) is 4.42 Å². The van der Waals surface area contributed by atoms with Crippen molar-refractivity contribution in [2.45, 2.75) is 25.3 Å². The summed E-state index contributed by atoms with van der Waals surface area (Å²) in [6.07, 6.45) is 6.07. The first-order valence-corrected chi connectivity index (χ1v) is 7.22. The van der Waals surface area contributed by atoms with Gasteiger partial charge in [0.25, 0.3) is 0 Å². The summed E-state index contributed by atoms with van der Waals surface area (Å²) in [5, 5.41) is 4.70. The molecule has 1 aliphatic rings. The number of anilines is 1. The van der Waals surface area contributed by atoms with Crippen LogP contribution in [0.25, 0.3) is 11.1 Å². The second-order valence-electron chi connectivity index (χ2n) is 4.80. The van der Waals surface area contributed by atoms with Gasteiger partial charge >= 0.3 is 0 Å². The number of nitrogens with one attached hydrogen (secondary N) is 1. The van der Waals surface area contributed by atoms with Gasteiger partial charge in [-0.3, -0.25) is 0 Å². The topological polar surface area (TPSA) is 51.0 Å². The van der Waals surface area contributed by atoms with Crippen LogP contribution in [0.4, 0.5) is 5.69 Å². The molecule has 1 aromatic carbocycles. The zero-order chi connectivity index (χ0) is 12.7. The molecule has 0 unspecified atom stereocenters. The normalized spacial score (nSPS) is 14.9. The predicted molar refractivity (Wildman–Crippen MR) is 75.4 cm³/mol. The lowest BCUT2D eigenvalue weighted by molar-refractivity contribution is 0.602. The number of fused-ring (bicyclic) bond motifs is 1. The van der Waals surface area contributed by atoms with Crippen molar-refractivity contribution in [1.82, 2.24) is 9.97 Å². The summed E-state index contributed by atoms with van der Waals surface area (Å²) in [6.45, 7) is 0.788. The van der Waals surface area contributed by atoms with Crippen LogP contribution < -0.4 is 5.32 Å². The van der Waals surface area contributed by atoms with Gasteiger partial charge in [0.05, 0.1) is 17.2 Å². The molecule has 4 nitrogen and oxygen atoms in total. The summed E-state index contributed by atoms with van der Waals surface area (Å²) in [5.41, 5.74) is 2.70. The molecule has 19 heavy (non-hydrogen) atoms. The first kappa shape index (κ1) is 11.0. The van der Waals surface area contributed by atoms with E-state index >= 15 is 0 Å². The fraction of sp³-hybridized carbons (Fsp3) is 0.286. The van der Waals surface area contributed by atoms with Crippen molar-refractivity contribution < 1.29 is 4.42 Å². The van der Waals surface area contributed by atoms with Crippen molar-refractivity contribution in [3.8, 4) is 0 Å². The highest BCUT2D eigenvalue weighted by Gasteiger charge is 2.26. The van der Waals surface area contributed by atoms with E-state index in [-0.39, 0.29) is 0 Å². The molecular formula is C14H13N3OS. The van der Waals surface area contributed by atoms with Crippen molar-refractivity contribution in [3.63, 3.8) is 0 Å². The largest absolute Gasteiger partial charge is 0.443 e. The van der Waals surface area contributed by atoms with Crippen LogP contribution in [0.5, 0.6) is 0 Å². The van der Waals surface area contributed by atoms with Gasteiger partial charge in [-0.25, -0.2) is 9.97 Å². The average Bonchev–Trinajstić information content (AvgIpc) is 3.00. The molecule has 1 N–H and O–H groups in total. The predicted octanol–water partition coefficient (Wildman–Crippen LogP) is 3.77. The first-order chi connectivity index (χ1) is 9.40. The van der Waals surface area contributed by atoms with Gasteiger partial charge in [0.1, 0.15) is 5.52 Å².